The van der Waals surface area contributed by atoms with Crippen LogP contribution in [0, 0.1) is 0 Å². The first-order valence-electron chi connectivity index (χ1n) is 5.34. The summed E-state index contributed by atoms with van der Waals surface area (Å²) in [5, 5.41) is 3.10. The van der Waals surface area contributed by atoms with Crippen molar-refractivity contribution in [2.24, 2.45) is 5.73 Å². The summed E-state index contributed by atoms with van der Waals surface area (Å²) in [7, 11) is 0. The van der Waals surface area contributed by atoms with Crippen LogP contribution < -0.4 is 11.1 Å². The maximum absolute atomic E-state index is 11.1. The number of nitrogens with two attached hydrogens (primary N) is 1. The number of hydrogen-bond acceptors (Lipinski definition) is 4. The Morgan fingerprint density at radius 1 is 1.60 bits per heavy atom. The average Bonchev–Trinajstić information content (AvgIpc) is 2.06. The lowest BCUT2D eigenvalue weighted by molar-refractivity contribution is -0.133. The van der Waals surface area contributed by atoms with Crippen LogP contribution in [0.4, 0.5) is 0 Å². The normalized spacial score (nSPS) is 18.9. The molecule has 1 aliphatic heterocycles. The Kier molecular flexibility index (Phi) is 5.01. The van der Waals surface area contributed by atoms with Crippen LogP contribution in [0.5, 0.6) is 0 Å². The van der Waals surface area contributed by atoms with E-state index in [2.05, 4.69) is 5.32 Å². The number of ether oxygens (including phenoxy) is 2. The first-order valence-corrected chi connectivity index (χ1v) is 5.34. The maximum atomic E-state index is 11.1. The highest BCUT2D eigenvalue weighted by Gasteiger charge is 2.21. The molecule has 0 saturated carbocycles. The third kappa shape index (κ3) is 4.59. The summed E-state index contributed by atoms with van der Waals surface area (Å²) in [6, 6.07) is -0.0551. The summed E-state index contributed by atoms with van der Waals surface area (Å²) in [5.74, 6) is -0.322. The van der Waals surface area contributed by atoms with Gasteiger partial charge in [-0.3, -0.25) is 4.79 Å². The van der Waals surface area contributed by atoms with Crippen LogP contribution in [0.3, 0.4) is 0 Å². The first kappa shape index (κ1) is 12.4. The predicted octanol–water partition coefficient (Wildman–Crippen LogP) is -0.356. The molecule has 0 bridgehead atoms. The van der Waals surface area contributed by atoms with Crippen molar-refractivity contribution < 1.29 is 14.3 Å². The molecule has 1 heterocycles. The predicted molar refractivity (Wildman–Crippen MR) is 56.4 cm³/mol. The van der Waals surface area contributed by atoms with Gasteiger partial charge in [-0.05, 0) is 6.42 Å². The van der Waals surface area contributed by atoms with Crippen LogP contribution in [0.15, 0.2) is 0 Å². The molecular weight excluding hydrogens is 196 g/mol. The third-order valence-electron chi connectivity index (χ3n) is 2.25. The van der Waals surface area contributed by atoms with Crippen molar-refractivity contribution >= 4 is 5.91 Å². The Morgan fingerprint density at radius 3 is 2.67 bits per heavy atom. The minimum absolute atomic E-state index is 0.206. The van der Waals surface area contributed by atoms with Gasteiger partial charge in [0.2, 0.25) is 5.91 Å². The molecule has 3 N–H and O–H groups in total. The molecule has 88 valence electrons. The van der Waals surface area contributed by atoms with Crippen LogP contribution in [-0.4, -0.2) is 43.9 Å². The Balaban J connectivity index is 2.15. The van der Waals surface area contributed by atoms with Gasteiger partial charge in [0, 0.05) is 12.6 Å². The highest BCUT2D eigenvalue weighted by atomic mass is 16.6. The number of amides is 1. The van der Waals surface area contributed by atoms with Crippen LogP contribution in [0.25, 0.3) is 0 Å². The van der Waals surface area contributed by atoms with Crippen LogP contribution in [0.1, 0.15) is 20.3 Å². The Hall–Kier alpha value is -0.650. The van der Waals surface area contributed by atoms with Crippen LogP contribution >= 0.6 is 0 Å². The fraction of sp³-hybridized carbons (Fsp3) is 0.900. The summed E-state index contributed by atoms with van der Waals surface area (Å²) in [6.45, 7) is 5.84. The summed E-state index contributed by atoms with van der Waals surface area (Å²) in [5.41, 5.74) is 5.27. The van der Waals surface area contributed by atoms with E-state index in [1.807, 2.05) is 13.8 Å². The summed E-state index contributed by atoms with van der Waals surface area (Å²) < 4.78 is 10.4. The minimum Gasteiger partial charge on any atom is -0.376 e. The molecule has 1 amide bonds. The van der Waals surface area contributed by atoms with Gasteiger partial charge < -0.3 is 20.5 Å². The van der Waals surface area contributed by atoms with Crippen molar-refractivity contribution in [3.8, 4) is 0 Å². The van der Waals surface area contributed by atoms with Gasteiger partial charge in [0.1, 0.15) is 6.10 Å². The fourth-order valence-corrected chi connectivity index (χ4v) is 1.37. The lowest BCUT2D eigenvalue weighted by Crippen LogP contribution is -2.46. The van der Waals surface area contributed by atoms with Gasteiger partial charge in [-0.2, -0.15) is 0 Å². The molecule has 1 rings (SSSR count). The molecule has 1 aliphatic rings. The monoisotopic (exact) mass is 216 g/mol. The maximum Gasteiger partial charge on any atom is 0.234 e. The summed E-state index contributed by atoms with van der Waals surface area (Å²) in [6.07, 6.45) is 0.821. The molecule has 5 nitrogen and oxygen atoms in total. The van der Waals surface area contributed by atoms with E-state index in [0.29, 0.717) is 26.2 Å². The molecule has 1 fully saturated rings. The van der Waals surface area contributed by atoms with Crippen molar-refractivity contribution in [2.75, 3.05) is 19.8 Å². The van der Waals surface area contributed by atoms with E-state index in [4.69, 9.17) is 15.2 Å². The molecule has 1 saturated heterocycles. The molecule has 1 unspecified atom stereocenters. The van der Waals surface area contributed by atoms with Crippen molar-refractivity contribution in [3.05, 3.63) is 0 Å². The van der Waals surface area contributed by atoms with Gasteiger partial charge in [0.25, 0.3) is 0 Å². The SMILES string of the molecule is CC(C)NC(CCOC1COC1)C(N)=O. The van der Waals surface area contributed by atoms with Crippen LogP contribution in [0.2, 0.25) is 0 Å². The molecule has 0 aromatic carbocycles. The zero-order valence-corrected chi connectivity index (χ0v) is 9.36. The molecule has 5 heteroatoms. The Bertz CT molecular complexity index is 205. The van der Waals surface area contributed by atoms with E-state index in [-0.39, 0.29) is 24.1 Å². The van der Waals surface area contributed by atoms with E-state index in [0.717, 1.165) is 0 Å². The molecule has 0 spiro atoms. The summed E-state index contributed by atoms with van der Waals surface area (Å²) in [4.78, 5) is 11.1. The third-order valence-corrected chi connectivity index (χ3v) is 2.25. The van der Waals surface area contributed by atoms with Gasteiger partial charge in [-0.1, -0.05) is 13.8 Å². The number of carbonyl (C=O) groups is 1. The highest BCUT2D eigenvalue weighted by Crippen LogP contribution is 2.06. The number of nitrogens with one attached hydrogen (secondary N) is 1. The molecule has 0 aromatic heterocycles. The number of hydrogen-bond donors (Lipinski definition) is 2. The second-order valence-electron chi connectivity index (χ2n) is 4.10. The average molecular weight is 216 g/mol. The number of rotatable bonds is 7. The Labute approximate surface area is 90.3 Å². The van der Waals surface area contributed by atoms with Crippen molar-refractivity contribution in [1.29, 1.82) is 0 Å². The molecule has 15 heavy (non-hydrogen) atoms. The molecule has 1 atom stereocenters. The highest BCUT2D eigenvalue weighted by molar-refractivity contribution is 5.79. The minimum atomic E-state index is -0.322. The largest absolute Gasteiger partial charge is 0.376 e. The summed E-state index contributed by atoms with van der Waals surface area (Å²) >= 11 is 0. The van der Waals surface area contributed by atoms with E-state index >= 15 is 0 Å². The fourth-order valence-electron chi connectivity index (χ4n) is 1.37. The van der Waals surface area contributed by atoms with E-state index < -0.39 is 0 Å². The number of carbonyl (C=O) groups excluding carboxylic acids is 1. The van der Waals surface area contributed by atoms with E-state index in [1.165, 1.54) is 0 Å². The quantitative estimate of drug-likeness (QED) is 0.609. The van der Waals surface area contributed by atoms with Crippen LogP contribution in [-0.2, 0) is 14.3 Å². The number of primary amides is 1. The Morgan fingerprint density at radius 2 is 2.27 bits per heavy atom. The molecule has 0 radical (unpaired) electrons. The topological polar surface area (TPSA) is 73.6 Å². The molecule has 0 aliphatic carbocycles. The van der Waals surface area contributed by atoms with Gasteiger partial charge in [-0.25, -0.2) is 0 Å². The van der Waals surface area contributed by atoms with E-state index in [1.54, 1.807) is 0 Å². The first-order chi connectivity index (χ1) is 7.09. The van der Waals surface area contributed by atoms with Crippen molar-refractivity contribution in [3.63, 3.8) is 0 Å². The van der Waals surface area contributed by atoms with Gasteiger partial charge in [0.15, 0.2) is 0 Å². The second-order valence-corrected chi connectivity index (χ2v) is 4.10. The zero-order chi connectivity index (χ0) is 11.3. The standard InChI is InChI=1S/C10H20N2O3/c1-7(2)12-9(10(11)13)3-4-15-8-5-14-6-8/h7-9,12H,3-6H2,1-2H3,(H2,11,13). The van der Waals surface area contributed by atoms with Crippen molar-refractivity contribution in [2.45, 2.75) is 38.5 Å². The smallest absolute Gasteiger partial charge is 0.234 e. The second kappa shape index (κ2) is 6.05. The molecule has 0 aromatic rings. The molecular formula is C10H20N2O3. The zero-order valence-electron chi connectivity index (χ0n) is 9.36. The lowest BCUT2D eigenvalue weighted by atomic mass is 10.2. The van der Waals surface area contributed by atoms with Crippen molar-refractivity contribution in [1.82, 2.24) is 5.32 Å². The van der Waals surface area contributed by atoms with Gasteiger partial charge >= 0.3 is 0 Å². The van der Waals surface area contributed by atoms with Gasteiger partial charge in [0.05, 0.1) is 19.3 Å². The lowest BCUT2D eigenvalue weighted by Gasteiger charge is -2.27. The van der Waals surface area contributed by atoms with E-state index in [9.17, 15) is 4.79 Å². The van der Waals surface area contributed by atoms with Gasteiger partial charge in [-0.15, -0.1) is 0 Å².